The zero-order valence-electron chi connectivity index (χ0n) is 10.9. The van der Waals surface area contributed by atoms with Crippen LogP contribution in [0, 0.1) is 0 Å². The summed E-state index contributed by atoms with van der Waals surface area (Å²) in [4.78, 5) is 4.04. The molecule has 1 atom stereocenters. The van der Waals surface area contributed by atoms with E-state index in [4.69, 9.17) is 5.73 Å². The van der Waals surface area contributed by atoms with Crippen LogP contribution in [0.3, 0.4) is 0 Å². The zero-order chi connectivity index (χ0) is 14.0. The molecule has 2 rings (SSSR count). The molecule has 6 heteroatoms. The summed E-state index contributed by atoms with van der Waals surface area (Å²) >= 11 is 0. The van der Waals surface area contributed by atoms with E-state index in [0.29, 0.717) is 5.69 Å². The number of nitrogen functional groups attached to an aromatic ring is 1. The molecule has 0 aliphatic rings. The molecule has 2 aromatic rings. The number of benzene rings is 1. The van der Waals surface area contributed by atoms with E-state index in [1.807, 2.05) is 25.1 Å². The average molecular weight is 279 g/mol. The normalized spacial score (nSPS) is 13.4. The molecule has 0 aliphatic heterocycles. The molecule has 3 N–H and O–H groups in total. The second-order valence-electron chi connectivity index (χ2n) is 4.76. The Labute approximate surface area is 112 Å². The van der Waals surface area contributed by atoms with Gasteiger partial charge in [0, 0.05) is 35.5 Å². The predicted octanol–water partition coefficient (Wildman–Crippen LogP) is 1.66. The topological polar surface area (TPSA) is 85.1 Å². The summed E-state index contributed by atoms with van der Waals surface area (Å²) in [5, 5.41) is 5.00. The van der Waals surface area contributed by atoms with Crippen LogP contribution in [0.2, 0.25) is 0 Å². The van der Waals surface area contributed by atoms with Crippen LogP contribution in [-0.2, 0) is 9.84 Å². The first kappa shape index (κ1) is 13.6. The fourth-order valence-corrected chi connectivity index (χ4v) is 3.07. The van der Waals surface area contributed by atoms with Crippen molar-refractivity contribution in [2.75, 3.05) is 23.1 Å². The Morgan fingerprint density at radius 3 is 2.79 bits per heavy atom. The first-order valence-electron chi connectivity index (χ1n) is 5.93. The quantitative estimate of drug-likeness (QED) is 0.831. The summed E-state index contributed by atoms with van der Waals surface area (Å²) in [6, 6.07) is 5.40. The maximum atomic E-state index is 11.2. The number of hydrogen-bond acceptors (Lipinski definition) is 5. The third-order valence-corrected chi connectivity index (χ3v) is 3.92. The Bertz CT molecular complexity index is 698. The van der Waals surface area contributed by atoms with Gasteiger partial charge < -0.3 is 11.1 Å². The lowest BCUT2D eigenvalue weighted by atomic mass is 10.1. The van der Waals surface area contributed by atoms with Gasteiger partial charge in [-0.05, 0) is 19.1 Å². The summed E-state index contributed by atoms with van der Waals surface area (Å²) in [6.07, 6.45) is 4.65. The second-order valence-corrected chi connectivity index (χ2v) is 6.95. The van der Waals surface area contributed by atoms with E-state index in [2.05, 4.69) is 10.3 Å². The van der Waals surface area contributed by atoms with Crippen molar-refractivity contribution < 1.29 is 8.42 Å². The average Bonchev–Trinajstić information content (AvgIpc) is 2.31. The van der Waals surface area contributed by atoms with E-state index in [0.717, 1.165) is 16.5 Å². The van der Waals surface area contributed by atoms with Crippen molar-refractivity contribution in [2.24, 2.45) is 0 Å². The van der Waals surface area contributed by atoms with Crippen LogP contribution >= 0.6 is 0 Å². The number of fused-ring (bicyclic) bond motifs is 1. The maximum absolute atomic E-state index is 11.2. The number of anilines is 2. The Kier molecular flexibility index (Phi) is 3.61. The molecule has 1 aromatic carbocycles. The molecule has 1 unspecified atom stereocenters. The van der Waals surface area contributed by atoms with E-state index in [-0.39, 0.29) is 11.8 Å². The summed E-state index contributed by atoms with van der Waals surface area (Å²) in [6.45, 7) is 1.82. The largest absolute Gasteiger partial charge is 0.397 e. The van der Waals surface area contributed by atoms with Crippen LogP contribution in [0.15, 0.2) is 30.6 Å². The number of pyridine rings is 1. The van der Waals surface area contributed by atoms with Crippen LogP contribution in [0.25, 0.3) is 10.8 Å². The minimum atomic E-state index is -3.01. The molecule has 19 heavy (non-hydrogen) atoms. The highest BCUT2D eigenvalue weighted by Gasteiger charge is 2.12. The summed E-state index contributed by atoms with van der Waals surface area (Å²) < 4.78 is 22.5. The zero-order valence-corrected chi connectivity index (χ0v) is 11.7. The summed E-state index contributed by atoms with van der Waals surface area (Å²) in [7, 11) is -3.01. The van der Waals surface area contributed by atoms with Gasteiger partial charge in [0.2, 0.25) is 0 Å². The van der Waals surface area contributed by atoms with Gasteiger partial charge in [-0.15, -0.1) is 0 Å². The maximum Gasteiger partial charge on any atom is 0.149 e. The smallest absolute Gasteiger partial charge is 0.149 e. The molecule has 0 fully saturated rings. The van der Waals surface area contributed by atoms with Crippen molar-refractivity contribution in [3.05, 3.63) is 30.6 Å². The van der Waals surface area contributed by atoms with Crippen LogP contribution in [0.5, 0.6) is 0 Å². The van der Waals surface area contributed by atoms with Gasteiger partial charge >= 0.3 is 0 Å². The third kappa shape index (κ3) is 3.35. The van der Waals surface area contributed by atoms with Gasteiger partial charge in [-0.25, -0.2) is 8.42 Å². The molecule has 102 valence electrons. The number of nitrogens with one attached hydrogen (secondary N) is 1. The van der Waals surface area contributed by atoms with Gasteiger partial charge in [0.05, 0.1) is 17.1 Å². The highest BCUT2D eigenvalue weighted by atomic mass is 32.2. The van der Waals surface area contributed by atoms with E-state index in [1.54, 1.807) is 12.4 Å². The first-order chi connectivity index (χ1) is 8.87. The number of sulfone groups is 1. The monoisotopic (exact) mass is 279 g/mol. The van der Waals surface area contributed by atoms with Gasteiger partial charge in [-0.1, -0.05) is 6.07 Å². The van der Waals surface area contributed by atoms with Crippen LogP contribution in [0.4, 0.5) is 11.4 Å². The van der Waals surface area contributed by atoms with Crippen molar-refractivity contribution in [3.63, 3.8) is 0 Å². The Hall–Kier alpha value is -1.82. The Morgan fingerprint density at radius 1 is 1.37 bits per heavy atom. The number of hydrogen-bond donors (Lipinski definition) is 2. The summed E-state index contributed by atoms with van der Waals surface area (Å²) in [5.41, 5.74) is 7.45. The van der Waals surface area contributed by atoms with Crippen LogP contribution in [0.1, 0.15) is 6.92 Å². The van der Waals surface area contributed by atoms with Crippen molar-refractivity contribution in [1.82, 2.24) is 4.98 Å². The lowest BCUT2D eigenvalue weighted by Gasteiger charge is -2.17. The number of nitrogens with zero attached hydrogens (tertiary/aromatic N) is 1. The molecule has 0 spiro atoms. The number of nitrogens with two attached hydrogens (primary N) is 1. The SMILES string of the molecule is CC(CS(C)(=O)=O)Nc1ccc2cnccc2c1N. The molecule has 0 amide bonds. The highest BCUT2D eigenvalue weighted by Crippen LogP contribution is 2.28. The molecule has 1 heterocycles. The molecule has 5 nitrogen and oxygen atoms in total. The lowest BCUT2D eigenvalue weighted by molar-refractivity contribution is 0.598. The lowest BCUT2D eigenvalue weighted by Crippen LogP contribution is -2.25. The number of aromatic nitrogens is 1. The fraction of sp³-hybridized carbons (Fsp3) is 0.308. The molecule has 0 bridgehead atoms. The van der Waals surface area contributed by atoms with Gasteiger partial charge in [-0.3, -0.25) is 4.98 Å². The van der Waals surface area contributed by atoms with E-state index >= 15 is 0 Å². The molecule has 0 aliphatic carbocycles. The minimum Gasteiger partial charge on any atom is -0.397 e. The number of rotatable bonds is 4. The van der Waals surface area contributed by atoms with E-state index < -0.39 is 9.84 Å². The first-order valence-corrected chi connectivity index (χ1v) is 7.99. The van der Waals surface area contributed by atoms with Crippen LogP contribution < -0.4 is 11.1 Å². The standard InChI is InChI=1S/C13H17N3O2S/c1-9(8-19(2,17)18)16-12-4-3-10-7-15-6-5-11(10)13(12)14/h3-7,9,16H,8,14H2,1-2H3. The van der Waals surface area contributed by atoms with Gasteiger partial charge in [0.25, 0.3) is 0 Å². The third-order valence-electron chi connectivity index (χ3n) is 2.82. The molecular weight excluding hydrogens is 262 g/mol. The molecule has 0 radical (unpaired) electrons. The molecule has 1 aromatic heterocycles. The Balaban J connectivity index is 2.29. The molecule has 0 saturated heterocycles. The van der Waals surface area contributed by atoms with Crippen molar-refractivity contribution in [1.29, 1.82) is 0 Å². The highest BCUT2D eigenvalue weighted by molar-refractivity contribution is 7.90. The van der Waals surface area contributed by atoms with E-state index in [9.17, 15) is 8.42 Å². The second kappa shape index (κ2) is 5.05. The minimum absolute atomic E-state index is 0.0703. The molecule has 0 saturated carbocycles. The van der Waals surface area contributed by atoms with Gasteiger partial charge in [0.15, 0.2) is 0 Å². The van der Waals surface area contributed by atoms with E-state index in [1.165, 1.54) is 6.26 Å². The summed E-state index contributed by atoms with van der Waals surface area (Å²) in [5.74, 6) is 0.0703. The van der Waals surface area contributed by atoms with Crippen molar-refractivity contribution >= 4 is 32.0 Å². The van der Waals surface area contributed by atoms with Gasteiger partial charge in [-0.2, -0.15) is 0 Å². The predicted molar refractivity (Wildman–Crippen MR) is 79.0 cm³/mol. The van der Waals surface area contributed by atoms with Gasteiger partial charge in [0.1, 0.15) is 9.84 Å². The Morgan fingerprint density at radius 2 is 2.11 bits per heavy atom. The van der Waals surface area contributed by atoms with Crippen molar-refractivity contribution in [2.45, 2.75) is 13.0 Å². The van der Waals surface area contributed by atoms with Crippen LogP contribution in [-0.4, -0.2) is 31.5 Å². The van der Waals surface area contributed by atoms with Crippen molar-refractivity contribution in [3.8, 4) is 0 Å². The fourth-order valence-electron chi connectivity index (χ4n) is 2.08. The molecular formula is C13H17N3O2S.